The number of rotatable bonds is 0. The van der Waals surface area contributed by atoms with Crippen LogP contribution < -0.4 is 0 Å². The minimum absolute atomic E-state index is 0.777. The van der Waals surface area contributed by atoms with Crippen LogP contribution >= 0.6 is 0 Å². The molecule has 0 aliphatic heterocycles. The van der Waals surface area contributed by atoms with Crippen molar-refractivity contribution >= 4 is 0 Å². The summed E-state index contributed by atoms with van der Waals surface area (Å²) in [4.78, 5) is 0. The molecule has 0 saturated heterocycles. The maximum absolute atomic E-state index is 3.26. The van der Waals surface area contributed by atoms with Gasteiger partial charge in [-0.3, -0.25) is 0 Å². The largest absolute Gasteiger partial charge is 0.0782 e. The Morgan fingerprint density at radius 2 is 2.25 bits per heavy atom. The van der Waals surface area contributed by atoms with Crippen LogP contribution in [0.1, 0.15) is 26.7 Å². The van der Waals surface area contributed by atoms with E-state index >= 15 is 0 Å². The van der Waals surface area contributed by atoms with E-state index in [2.05, 4.69) is 26.0 Å². The fraction of sp³-hybridized carbons (Fsp3) is 0.750. The van der Waals surface area contributed by atoms with E-state index in [-0.39, 0.29) is 0 Å². The molecular weight excluding hydrogens is 96.1 g/mol. The van der Waals surface area contributed by atoms with Crippen molar-refractivity contribution in [1.29, 1.82) is 0 Å². The SMILES string of the molecule is CC1C=[C]CC(C)C1. The van der Waals surface area contributed by atoms with Crippen LogP contribution in [0, 0.1) is 17.9 Å². The lowest BCUT2D eigenvalue weighted by molar-refractivity contribution is 0.442. The quantitative estimate of drug-likeness (QED) is 0.448. The van der Waals surface area contributed by atoms with Crippen LogP contribution in [0.4, 0.5) is 0 Å². The second-order valence-corrected chi connectivity index (χ2v) is 2.89. The van der Waals surface area contributed by atoms with Crippen LogP contribution in [0.5, 0.6) is 0 Å². The molecule has 0 heteroatoms. The van der Waals surface area contributed by atoms with Crippen molar-refractivity contribution in [2.45, 2.75) is 26.7 Å². The molecule has 1 aliphatic carbocycles. The first-order valence-corrected chi connectivity index (χ1v) is 3.36. The molecule has 0 saturated carbocycles. The number of hydrogen-bond donors (Lipinski definition) is 0. The molecule has 1 aliphatic rings. The average Bonchev–Trinajstić information content (AvgIpc) is 1.64. The molecule has 0 bridgehead atoms. The second kappa shape index (κ2) is 2.34. The van der Waals surface area contributed by atoms with E-state index in [1.807, 2.05) is 0 Å². The van der Waals surface area contributed by atoms with E-state index in [1.54, 1.807) is 0 Å². The van der Waals surface area contributed by atoms with Gasteiger partial charge in [0.2, 0.25) is 0 Å². The van der Waals surface area contributed by atoms with Gasteiger partial charge >= 0.3 is 0 Å². The van der Waals surface area contributed by atoms with Crippen LogP contribution in [0.2, 0.25) is 0 Å². The zero-order valence-electron chi connectivity index (χ0n) is 5.65. The summed E-state index contributed by atoms with van der Waals surface area (Å²) < 4.78 is 0. The van der Waals surface area contributed by atoms with Gasteiger partial charge in [0, 0.05) is 0 Å². The molecule has 0 aromatic rings. The Hall–Kier alpha value is -0.260. The fourth-order valence-electron chi connectivity index (χ4n) is 1.26. The van der Waals surface area contributed by atoms with Gasteiger partial charge in [-0.15, -0.1) is 0 Å². The predicted molar refractivity (Wildman–Crippen MR) is 35.4 cm³/mol. The molecule has 1 radical (unpaired) electrons. The van der Waals surface area contributed by atoms with Crippen LogP contribution in [-0.4, -0.2) is 0 Å². The summed E-state index contributed by atoms with van der Waals surface area (Å²) in [6, 6.07) is 0. The lowest BCUT2D eigenvalue weighted by atomic mass is 9.89. The molecule has 0 spiro atoms. The summed E-state index contributed by atoms with van der Waals surface area (Å²) in [6.45, 7) is 4.54. The van der Waals surface area contributed by atoms with Gasteiger partial charge < -0.3 is 0 Å². The Balaban J connectivity index is 2.42. The Kier molecular flexibility index (Phi) is 1.72. The van der Waals surface area contributed by atoms with Crippen LogP contribution in [0.25, 0.3) is 0 Å². The van der Waals surface area contributed by atoms with E-state index in [0.717, 1.165) is 11.8 Å². The van der Waals surface area contributed by atoms with Gasteiger partial charge in [0.15, 0.2) is 0 Å². The standard InChI is InChI=1S/C8H13/c1-7-4-3-5-8(2)6-7/h4,7-8H,5-6H2,1-2H3. The molecule has 0 nitrogen and oxygen atoms in total. The molecule has 0 amide bonds. The van der Waals surface area contributed by atoms with E-state index in [9.17, 15) is 0 Å². The van der Waals surface area contributed by atoms with Gasteiger partial charge in [-0.05, 0) is 30.8 Å². The Bertz CT molecular complexity index is 92.2. The Labute approximate surface area is 51.6 Å². The van der Waals surface area contributed by atoms with Gasteiger partial charge in [-0.1, -0.05) is 19.9 Å². The molecule has 0 heterocycles. The zero-order chi connectivity index (χ0) is 5.98. The van der Waals surface area contributed by atoms with Crippen molar-refractivity contribution in [2.75, 3.05) is 0 Å². The predicted octanol–water partition coefficient (Wildman–Crippen LogP) is 2.41. The van der Waals surface area contributed by atoms with Crippen molar-refractivity contribution in [1.82, 2.24) is 0 Å². The minimum Gasteiger partial charge on any atom is -0.0782 e. The highest BCUT2D eigenvalue weighted by atomic mass is 14.1. The molecule has 2 atom stereocenters. The topological polar surface area (TPSA) is 0 Å². The van der Waals surface area contributed by atoms with Crippen molar-refractivity contribution in [3.05, 3.63) is 12.2 Å². The highest BCUT2D eigenvalue weighted by Crippen LogP contribution is 2.20. The molecular formula is C8H13. The van der Waals surface area contributed by atoms with Crippen LogP contribution in [0.3, 0.4) is 0 Å². The van der Waals surface area contributed by atoms with Gasteiger partial charge in [0.25, 0.3) is 0 Å². The maximum Gasteiger partial charge on any atom is -0.0253 e. The summed E-state index contributed by atoms with van der Waals surface area (Å²) in [6.07, 6.45) is 7.98. The summed E-state index contributed by atoms with van der Waals surface area (Å²) in [7, 11) is 0. The van der Waals surface area contributed by atoms with Crippen LogP contribution in [-0.2, 0) is 0 Å². The van der Waals surface area contributed by atoms with E-state index < -0.39 is 0 Å². The van der Waals surface area contributed by atoms with Gasteiger partial charge in [-0.2, -0.15) is 0 Å². The maximum atomic E-state index is 3.26. The third-order valence-corrected chi connectivity index (χ3v) is 1.64. The first-order chi connectivity index (χ1) is 3.79. The molecule has 1 rings (SSSR count). The highest BCUT2D eigenvalue weighted by molar-refractivity contribution is 4.87. The number of hydrogen-bond acceptors (Lipinski definition) is 0. The van der Waals surface area contributed by atoms with Crippen LogP contribution in [0.15, 0.2) is 6.08 Å². The molecule has 8 heavy (non-hydrogen) atoms. The van der Waals surface area contributed by atoms with Crippen molar-refractivity contribution in [3.63, 3.8) is 0 Å². The third-order valence-electron chi connectivity index (χ3n) is 1.64. The molecule has 0 N–H and O–H groups in total. The Morgan fingerprint density at radius 1 is 1.50 bits per heavy atom. The van der Waals surface area contributed by atoms with E-state index in [0.29, 0.717) is 0 Å². The molecule has 2 unspecified atom stereocenters. The molecule has 0 aromatic carbocycles. The summed E-state index contributed by atoms with van der Waals surface area (Å²) >= 11 is 0. The van der Waals surface area contributed by atoms with E-state index in [4.69, 9.17) is 0 Å². The first kappa shape index (κ1) is 5.87. The van der Waals surface area contributed by atoms with E-state index in [1.165, 1.54) is 12.8 Å². The van der Waals surface area contributed by atoms with Crippen molar-refractivity contribution < 1.29 is 0 Å². The first-order valence-electron chi connectivity index (χ1n) is 3.36. The lowest BCUT2D eigenvalue weighted by Crippen LogP contribution is -2.04. The zero-order valence-corrected chi connectivity index (χ0v) is 5.65. The number of allylic oxidation sites excluding steroid dienone is 2. The normalized spacial score (nSPS) is 37.8. The average molecular weight is 109 g/mol. The highest BCUT2D eigenvalue weighted by Gasteiger charge is 2.08. The molecule has 0 aromatic heterocycles. The fourth-order valence-corrected chi connectivity index (χ4v) is 1.26. The summed E-state index contributed by atoms with van der Waals surface area (Å²) in [5.74, 6) is 1.65. The third kappa shape index (κ3) is 1.36. The minimum atomic E-state index is 0.777. The summed E-state index contributed by atoms with van der Waals surface area (Å²) in [5, 5.41) is 0. The smallest absolute Gasteiger partial charge is 0.0253 e. The summed E-state index contributed by atoms with van der Waals surface area (Å²) in [5.41, 5.74) is 0. The van der Waals surface area contributed by atoms with Gasteiger partial charge in [0.1, 0.15) is 0 Å². The molecule has 45 valence electrons. The monoisotopic (exact) mass is 109 g/mol. The van der Waals surface area contributed by atoms with Gasteiger partial charge in [0.05, 0.1) is 0 Å². The second-order valence-electron chi connectivity index (χ2n) is 2.89. The molecule has 0 fully saturated rings. The van der Waals surface area contributed by atoms with Crippen molar-refractivity contribution in [2.24, 2.45) is 11.8 Å². The Morgan fingerprint density at radius 3 is 2.62 bits per heavy atom. The lowest BCUT2D eigenvalue weighted by Gasteiger charge is -2.16. The van der Waals surface area contributed by atoms with Gasteiger partial charge in [-0.25, -0.2) is 0 Å². The van der Waals surface area contributed by atoms with Crippen molar-refractivity contribution in [3.8, 4) is 0 Å².